The van der Waals surface area contributed by atoms with Gasteiger partial charge in [-0.05, 0) is 33.6 Å². The molecule has 10 heteroatoms. The average Bonchev–Trinajstić information content (AvgIpc) is 3.15. The molecule has 4 rings (SSSR count). The number of ether oxygens (including phenoxy) is 2. The highest BCUT2D eigenvalue weighted by Gasteiger charge is 2.47. The van der Waals surface area contributed by atoms with E-state index in [-0.39, 0.29) is 40.9 Å². The highest BCUT2D eigenvalue weighted by Crippen LogP contribution is 2.42. The molecular formula is C19H23ClFN3O5. The molecule has 1 aliphatic carbocycles. The number of amides is 1. The minimum Gasteiger partial charge on any atom is -0.444 e. The predicted molar refractivity (Wildman–Crippen MR) is 101 cm³/mol. The Bertz CT molecular complexity index is 874. The summed E-state index contributed by atoms with van der Waals surface area (Å²) in [7, 11) is 0. The topological polar surface area (TPSA) is 92.2 Å². The van der Waals surface area contributed by atoms with Crippen molar-refractivity contribution in [2.45, 2.75) is 70.4 Å². The van der Waals surface area contributed by atoms with Crippen LogP contribution in [0.25, 0.3) is 0 Å². The summed E-state index contributed by atoms with van der Waals surface area (Å²) >= 11 is 6.12. The monoisotopic (exact) mass is 427 g/mol. The van der Waals surface area contributed by atoms with E-state index >= 15 is 4.39 Å². The minimum atomic E-state index is -1.73. The lowest BCUT2D eigenvalue weighted by atomic mass is 9.90. The van der Waals surface area contributed by atoms with Gasteiger partial charge >= 0.3 is 12.1 Å². The summed E-state index contributed by atoms with van der Waals surface area (Å²) in [6.45, 7) is 5.44. The third-order valence-electron chi connectivity index (χ3n) is 5.48. The van der Waals surface area contributed by atoms with Gasteiger partial charge in [0.1, 0.15) is 16.3 Å². The Morgan fingerprint density at radius 3 is 2.62 bits per heavy atom. The summed E-state index contributed by atoms with van der Waals surface area (Å²) in [6, 6.07) is -0.308. The van der Waals surface area contributed by atoms with Gasteiger partial charge in [-0.1, -0.05) is 24.4 Å². The summed E-state index contributed by atoms with van der Waals surface area (Å²) < 4.78 is 25.5. The molecule has 158 valence electrons. The average molecular weight is 428 g/mol. The molecule has 1 saturated heterocycles. The summed E-state index contributed by atoms with van der Waals surface area (Å²) in [4.78, 5) is 31.9. The van der Waals surface area contributed by atoms with Gasteiger partial charge in [-0.2, -0.15) is 0 Å². The van der Waals surface area contributed by atoms with E-state index in [2.05, 4.69) is 9.72 Å². The highest BCUT2D eigenvalue weighted by atomic mass is 35.5. The molecule has 29 heavy (non-hydrogen) atoms. The van der Waals surface area contributed by atoms with Gasteiger partial charge < -0.3 is 19.5 Å². The third kappa shape index (κ3) is 3.40. The van der Waals surface area contributed by atoms with E-state index in [1.807, 2.05) is 0 Å². The van der Waals surface area contributed by atoms with Crippen molar-refractivity contribution in [3.8, 4) is 0 Å². The van der Waals surface area contributed by atoms with Gasteiger partial charge in [-0.25, -0.2) is 19.0 Å². The standard InChI is InChI=1S/C19H23ClFN3O5/c1-19(2,3)29-18(27)24-8-23(9-6-4-5-7-10(9)24)15-13(21)11-12(14(20)22-15)17(26)28-16(11)25/h9-10,16,25H,4-8H2,1-3H3. The smallest absolute Gasteiger partial charge is 0.412 e. The number of halogens is 2. The lowest BCUT2D eigenvalue weighted by Gasteiger charge is -2.33. The van der Waals surface area contributed by atoms with E-state index in [0.717, 1.165) is 25.7 Å². The van der Waals surface area contributed by atoms with Crippen LogP contribution in [0.2, 0.25) is 5.15 Å². The van der Waals surface area contributed by atoms with Gasteiger partial charge in [-0.3, -0.25) is 4.90 Å². The van der Waals surface area contributed by atoms with Crippen molar-refractivity contribution < 1.29 is 28.6 Å². The molecule has 1 amide bonds. The Labute approximate surface area is 172 Å². The first-order valence-electron chi connectivity index (χ1n) is 9.62. The second kappa shape index (κ2) is 6.98. The number of anilines is 1. The molecule has 1 aromatic heterocycles. The van der Waals surface area contributed by atoms with Gasteiger partial charge in [0.25, 0.3) is 0 Å². The molecule has 3 unspecified atom stereocenters. The van der Waals surface area contributed by atoms with Crippen molar-refractivity contribution in [3.63, 3.8) is 0 Å². The van der Waals surface area contributed by atoms with Crippen LogP contribution in [0.4, 0.5) is 15.0 Å². The van der Waals surface area contributed by atoms with Crippen LogP contribution in [-0.2, 0) is 9.47 Å². The maximum Gasteiger partial charge on any atom is 0.412 e. The van der Waals surface area contributed by atoms with Crippen molar-refractivity contribution in [1.29, 1.82) is 0 Å². The van der Waals surface area contributed by atoms with Crippen LogP contribution in [0.15, 0.2) is 0 Å². The Balaban J connectivity index is 1.72. The minimum absolute atomic E-state index is 0.0776. The number of hydrogen-bond donors (Lipinski definition) is 1. The number of hydrogen-bond acceptors (Lipinski definition) is 7. The van der Waals surface area contributed by atoms with Gasteiger partial charge in [0.2, 0.25) is 6.29 Å². The maximum atomic E-state index is 15.3. The zero-order valence-corrected chi connectivity index (χ0v) is 17.2. The normalized spacial score (nSPS) is 26.3. The second-order valence-corrected chi connectivity index (χ2v) is 8.93. The van der Waals surface area contributed by atoms with Crippen LogP contribution in [0.1, 0.15) is 68.7 Å². The molecular weight excluding hydrogens is 405 g/mol. The molecule has 3 aliphatic rings. The Hall–Kier alpha value is -2.13. The molecule has 0 aromatic carbocycles. The van der Waals surface area contributed by atoms with Gasteiger partial charge in [-0.15, -0.1) is 0 Å². The number of aliphatic hydroxyl groups is 1. The fourth-order valence-electron chi connectivity index (χ4n) is 4.31. The first kappa shape index (κ1) is 20.2. The van der Waals surface area contributed by atoms with Gasteiger partial charge in [0.05, 0.1) is 24.3 Å². The SMILES string of the molecule is CC(C)(C)OC(=O)N1CN(c2nc(Cl)c3c(c2F)C(O)OC3=O)C2CCCCC21. The Kier molecular flexibility index (Phi) is 4.85. The van der Waals surface area contributed by atoms with E-state index in [9.17, 15) is 14.7 Å². The van der Waals surface area contributed by atoms with Crippen molar-refractivity contribution in [1.82, 2.24) is 9.88 Å². The van der Waals surface area contributed by atoms with Crippen LogP contribution in [0.5, 0.6) is 0 Å². The summed E-state index contributed by atoms with van der Waals surface area (Å²) in [6.07, 6.45) is 1.20. The van der Waals surface area contributed by atoms with Crippen molar-refractivity contribution in [2.75, 3.05) is 11.6 Å². The molecule has 3 atom stereocenters. The van der Waals surface area contributed by atoms with E-state index in [1.54, 1.807) is 30.6 Å². The maximum absolute atomic E-state index is 15.3. The number of esters is 1. The number of carbonyl (C=O) groups is 2. The molecule has 1 saturated carbocycles. The number of carbonyl (C=O) groups excluding carboxylic acids is 2. The number of rotatable bonds is 1. The largest absolute Gasteiger partial charge is 0.444 e. The zero-order valence-electron chi connectivity index (χ0n) is 16.4. The van der Waals surface area contributed by atoms with Crippen LogP contribution in [0.3, 0.4) is 0 Å². The van der Waals surface area contributed by atoms with E-state index in [4.69, 9.17) is 16.3 Å². The first-order valence-corrected chi connectivity index (χ1v) is 10.0. The lowest BCUT2D eigenvalue weighted by Crippen LogP contribution is -2.44. The lowest BCUT2D eigenvalue weighted by molar-refractivity contribution is -0.0562. The Morgan fingerprint density at radius 2 is 1.97 bits per heavy atom. The fraction of sp³-hybridized carbons (Fsp3) is 0.632. The van der Waals surface area contributed by atoms with Crippen LogP contribution < -0.4 is 4.90 Å². The molecule has 8 nitrogen and oxygen atoms in total. The molecule has 0 bridgehead atoms. The van der Waals surface area contributed by atoms with E-state index in [0.29, 0.717) is 0 Å². The third-order valence-corrected chi connectivity index (χ3v) is 5.76. The summed E-state index contributed by atoms with van der Waals surface area (Å²) in [5, 5.41) is 9.72. The second-order valence-electron chi connectivity index (χ2n) is 8.57. The zero-order chi connectivity index (χ0) is 21.1. The van der Waals surface area contributed by atoms with Crippen molar-refractivity contribution in [2.24, 2.45) is 0 Å². The van der Waals surface area contributed by atoms with Crippen LogP contribution >= 0.6 is 11.6 Å². The quantitative estimate of drug-likeness (QED) is 0.542. The molecule has 1 aromatic rings. The number of pyridine rings is 1. The van der Waals surface area contributed by atoms with Crippen LogP contribution in [-0.4, -0.2) is 51.4 Å². The highest BCUT2D eigenvalue weighted by molar-refractivity contribution is 6.33. The number of aromatic nitrogens is 1. The molecule has 0 radical (unpaired) electrons. The number of fused-ring (bicyclic) bond motifs is 2. The molecule has 2 fully saturated rings. The summed E-state index contributed by atoms with van der Waals surface area (Å²) in [5.41, 5.74) is -1.23. The first-order chi connectivity index (χ1) is 13.6. The number of cyclic esters (lactones) is 1. The van der Waals surface area contributed by atoms with Crippen LogP contribution in [0, 0.1) is 5.82 Å². The summed E-state index contributed by atoms with van der Waals surface area (Å²) in [5.74, 6) is -1.88. The Morgan fingerprint density at radius 1 is 1.31 bits per heavy atom. The van der Waals surface area contributed by atoms with Gasteiger partial charge in [0.15, 0.2) is 11.6 Å². The fourth-order valence-corrected chi connectivity index (χ4v) is 4.56. The predicted octanol–water partition coefficient (Wildman–Crippen LogP) is 3.36. The van der Waals surface area contributed by atoms with E-state index in [1.165, 1.54) is 0 Å². The molecule has 2 aliphatic heterocycles. The van der Waals surface area contributed by atoms with Crippen molar-refractivity contribution in [3.05, 3.63) is 22.1 Å². The molecule has 1 N–H and O–H groups in total. The number of aliphatic hydroxyl groups excluding tert-OH is 1. The number of nitrogens with zero attached hydrogens (tertiary/aromatic N) is 3. The van der Waals surface area contributed by atoms with Gasteiger partial charge in [0, 0.05) is 0 Å². The molecule has 0 spiro atoms. The van der Waals surface area contributed by atoms with E-state index < -0.39 is 29.8 Å². The molecule has 3 heterocycles. The van der Waals surface area contributed by atoms with Crippen molar-refractivity contribution >= 4 is 29.5 Å².